The second-order valence-electron chi connectivity index (χ2n) is 8.27. The van der Waals surface area contributed by atoms with Crippen molar-refractivity contribution in [3.63, 3.8) is 0 Å². The van der Waals surface area contributed by atoms with Crippen LogP contribution in [0.3, 0.4) is 0 Å². The van der Waals surface area contributed by atoms with Crippen LogP contribution in [0.2, 0.25) is 0 Å². The summed E-state index contributed by atoms with van der Waals surface area (Å²) < 4.78 is 1.17. The Balaban J connectivity index is 0.00000218. The number of benzene rings is 3. The van der Waals surface area contributed by atoms with Crippen LogP contribution in [0.1, 0.15) is 38.2 Å². The fraction of sp³-hybridized carbons (Fsp3) is 0.240. The second kappa shape index (κ2) is 7.85. The van der Waals surface area contributed by atoms with Gasteiger partial charge in [-0.2, -0.15) is 0 Å². The van der Waals surface area contributed by atoms with E-state index in [0.29, 0.717) is 5.92 Å². The number of carboxylic acids is 1. The van der Waals surface area contributed by atoms with E-state index in [1.807, 2.05) is 12.1 Å². The Morgan fingerprint density at radius 3 is 2.37 bits per heavy atom. The number of carboxylic acid groups (broad SMARTS) is 1. The summed E-state index contributed by atoms with van der Waals surface area (Å²) in [5, 5.41) is 16.2. The van der Waals surface area contributed by atoms with Gasteiger partial charge in [-0.1, -0.05) is 60.3 Å². The summed E-state index contributed by atoms with van der Waals surface area (Å²) >= 11 is 1.33. The number of hydrogen-bond acceptors (Lipinski definition) is 3. The van der Waals surface area contributed by atoms with Gasteiger partial charge < -0.3 is 14.5 Å². The molecule has 1 aromatic heterocycles. The summed E-state index contributed by atoms with van der Waals surface area (Å²) in [6, 6.07) is 23.3. The molecular weight excluding hydrogens is 385 g/mol. The molecule has 30 heavy (non-hydrogen) atoms. The standard InChI is InChI=1S/C25H23NO2S.Li/c1-25(2,24(27)28)29-23-15-17-7-3-6-10-21(17)26(23)22-14-13-18(16-11-12-16)19-8-4-5-9-20(19)22;/h3-10,13-16H,11-12H2,1-2H3,(H,27,28);/q;+1/p-1. The molecule has 1 aliphatic carbocycles. The monoisotopic (exact) mass is 407 g/mol. The first kappa shape index (κ1) is 21.1. The Hall–Kier alpha value is -2.12. The van der Waals surface area contributed by atoms with Crippen molar-refractivity contribution < 1.29 is 28.8 Å². The Morgan fingerprint density at radius 2 is 1.67 bits per heavy atom. The van der Waals surface area contributed by atoms with Gasteiger partial charge in [0.05, 0.1) is 26.9 Å². The van der Waals surface area contributed by atoms with E-state index in [-0.39, 0.29) is 18.9 Å². The molecule has 0 aliphatic heterocycles. The number of aliphatic carboxylic acids is 1. The number of rotatable bonds is 5. The topological polar surface area (TPSA) is 45.1 Å². The van der Waals surface area contributed by atoms with Crippen molar-refractivity contribution in [2.75, 3.05) is 0 Å². The van der Waals surface area contributed by atoms with Crippen LogP contribution in [-0.2, 0) is 4.79 Å². The van der Waals surface area contributed by atoms with Gasteiger partial charge >= 0.3 is 18.9 Å². The average Bonchev–Trinajstić information content (AvgIpc) is 3.48. The molecule has 3 aromatic carbocycles. The molecule has 0 unspecified atom stereocenters. The summed E-state index contributed by atoms with van der Waals surface area (Å²) in [5.74, 6) is -0.394. The zero-order valence-corrected chi connectivity index (χ0v) is 18.3. The van der Waals surface area contributed by atoms with E-state index in [2.05, 4.69) is 59.2 Å². The number of carbonyl (C=O) groups is 1. The molecule has 1 aliphatic rings. The first-order chi connectivity index (χ1) is 14.0. The van der Waals surface area contributed by atoms with Crippen molar-refractivity contribution in [3.05, 3.63) is 72.3 Å². The van der Waals surface area contributed by atoms with E-state index in [4.69, 9.17) is 0 Å². The van der Waals surface area contributed by atoms with E-state index in [0.717, 1.165) is 21.6 Å². The SMILES string of the molecule is CC(C)(Sc1cc2ccccc2n1-c1ccc(C2CC2)c2ccccc12)C(=O)[O-].[Li+]. The van der Waals surface area contributed by atoms with Crippen molar-refractivity contribution in [2.24, 2.45) is 0 Å². The minimum Gasteiger partial charge on any atom is -0.549 e. The third kappa shape index (κ3) is 3.58. The predicted molar refractivity (Wildman–Crippen MR) is 118 cm³/mol. The Bertz CT molecular complexity index is 1260. The van der Waals surface area contributed by atoms with Crippen molar-refractivity contribution in [3.8, 4) is 5.69 Å². The molecule has 4 aromatic rings. The molecule has 0 spiro atoms. The fourth-order valence-corrected chi connectivity index (χ4v) is 5.09. The van der Waals surface area contributed by atoms with Crippen LogP contribution in [0.5, 0.6) is 0 Å². The molecule has 146 valence electrons. The minimum absolute atomic E-state index is 0. The molecule has 1 saturated carbocycles. The van der Waals surface area contributed by atoms with Crippen molar-refractivity contribution >= 4 is 39.4 Å². The minimum atomic E-state index is -1.06. The van der Waals surface area contributed by atoms with E-state index in [1.165, 1.54) is 40.9 Å². The number of fused-ring (bicyclic) bond motifs is 2. The first-order valence-electron chi connectivity index (χ1n) is 9.99. The Kier molecular flexibility index (Phi) is 5.53. The summed E-state index contributed by atoms with van der Waals surface area (Å²) in [6.07, 6.45) is 2.52. The van der Waals surface area contributed by atoms with Gasteiger partial charge in [0.1, 0.15) is 0 Å². The van der Waals surface area contributed by atoms with Crippen LogP contribution in [0.25, 0.3) is 27.4 Å². The molecule has 5 heteroatoms. The zero-order chi connectivity index (χ0) is 20.2. The van der Waals surface area contributed by atoms with Crippen LogP contribution >= 0.6 is 11.8 Å². The van der Waals surface area contributed by atoms with Crippen LogP contribution in [0.4, 0.5) is 0 Å². The van der Waals surface area contributed by atoms with E-state index < -0.39 is 10.7 Å². The number of aromatic nitrogens is 1. The van der Waals surface area contributed by atoms with Crippen molar-refractivity contribution in [2.45, 2.75) is 42.4 Å². The molecule has 5 rings (SSSR count). The third-order valence-electron chi connectivity index (χ3n) is 5.72. The van der Waals surface area contributed by atoms with E-state index in [9.17, 15) is 9.90 Å². The van der Waals surface area contributed by atoms with Gasteiger partial charge in [-0.3, -0.25) is 0 Å². The summed E-state index contributed by atoms with van der Waals surface area (Å²) in [4.78, 5) is 11.7. The van der Waals surface area contributed by atoms with Gasteiger partial charge in [-0.05, 0) is 61.8 Å². The number of nitrogens with zero attached hydrogens (tertiary/aromatic N) is 1. The molecule has 0 bridgehead atoms. The normalized spacial score (nSPS) is 14.1. The molecular formula is C25H22LiNO2S. The molecule has 0 atom stereocenters. The van der Waals surface area contributed by atoms with E-state index >= 15 is 0 Å². The smallest absolute Gasteiger partial charge is 0.549 e. The van der Waals surface area contributed by atoms with Crippen LogP contribution in [-0.4, -0.2) is 15.3 Å². The molecule has 0 amide bonds. The van der Waals surface area contributed by atoms with Gasteiger partial charge in [0, 0.05) is 10.8 Å². The van der Waals surface area contributed by atoms with Gasteiger partial charge in [0.25, 0.3) is 0 Å². The summed E-state index contributed by atoms with van der Waals surface area (Å²) in [6.45, 7) is 3.40. The molecule has 0 N–H and O–H groups in total. The molecule has 1 fully saturated rings. The molecule has 1 heterocycles. The summed E-state index contributed by atoms with van der Waals surface area (Å²) in [5.41, 5.74) is 3.58. The van der Waals surface area contributed by atoms with Gasteiger partial charge in [0.2, 0.25) is 0 Å². The maximum Gasteiger partial charge on any atom is 1.00 e. The maximum atomic E-state index is 11.7. The number of para-hydroxylation sites is 1. The van der Waals surface area contributed by atoms with Crippen LogP contribution < -0.4 is 24.0 Å². The van der Waals surface area contributed by atoms with Gasteiger partial charge in [0.15, 0.2) is 0 Å². The van der Waals surface area contributed by atoms with Crippen molar-refractivity contribution in [1.29, 1.82) is 0 Å². The average molecular weight is 407 g/mol. The van der Waals surface area contributed by atoms with Gasteiger partial charge in [-0.15, -0.1) is 0 Å². The second-order valence-corrected chi connectivity index (χ2v) is 9.91. The maximum absolute atomic E-state index is 11.7. The summed E-state index contributed by atoms with van der Waals surface area (Å²) in [7, 11) is 0. The third-order valence-corrected chi connectivity index (χ3v) is 6.91. The number of thioether (sulfide) groups is 1. The largest absolute Gasteiger partial charge is 1.00 e. The van der Waals surface area contributed by atoms with Crippen LogP contribution in [0.15, 0.2) is 71.8 Å². The number of carbonyl (C=O) groups excluding carboxylic acids is 1. The van der Waals surface area contributed by atoms with Crippen LogP contribution in [0, 0.1) is 0 Å². The first-order valence-corrected chi connectivity index (χ1v) is 10.8. The Labute approximate surface area is 192 Å². The van der Waals surface area contributed by atoms with Crippen molar-refractivity contribution in [1.82, 2.24) is 4.57 Å². The van der Waals surface area contributed by atoms with E-state index in [1.54, 1.807) is 13.8 Å². The molecule has 3 nitrogen and oxygen atoms in total. The predicted octanol–water partition coefficient (Wildman–Crippen LogP) is 2.29. The number of hydrogen-bond donors (Lipinski definition) is 0. The quantitative estimate of drug-likeness (QED) is 0.377. The fourth-order valence-electron chi connectivity index (χ4n) is 4.01. The Morgan fingerprint density at radius 1 is 1.00 bits per heavy atom. The molecule has 0 radical (unpaired) electrons. The van der Waals surface area contributed by atoms with Gasteiger partial charge in [-0.25, -0.2) is 0 Å². The molecule has 0 saturated heterocycles. The zero-order valence-electron chi connectivity index (χ0n) is 17.5.